The molecule has 0 heterocycles. The zero-order chi connectivity index (χ0) is 17.8. The van der Waals surface area contributed by atoms with Crippen molar-refractivity contribution < 1.29 is 9.59 Å². The molecule has 1 atom stereocenters. The predicted molar refractivity (Wildman–Crippen MR) is 99.3 cm³/mol. The second kappa shape index (κ2) is 7.18. The second-order valence-corrected chi connectivity index (χ2v) is 6.12. The van der Waals surface area contributed by atoms with Crippen molar-refractivity contribution in [3.8, 4) is 0 Å². The van der Waals surface area contributed by atoms with Gasteiger partial charge < -0.3 is 11.1 Å². The number of rotatable bonds is 5. The number of fused-ring (bicyclic) bond motifs is 1. The maximum Gasteiger partial charge on any atom is 0.251 e. The Labute approximate surface area is 146 Å². The van der Waals surface area contributed by atoms with E-state index in [4.69, 9.17) is 5.73 Å². The van der Waals surface area contributed by atoms with Gasteiger partial charge in [0.1, 0.15) is 6.04 Å². The molecular weight excluding hydrogens is 312 g/mol. The fourth-order valence-electron chi connectivity index (χ4n) is 2.85. The highest BCUT2D eigenvalue weighted by atomic mass is 16.2. The van der Waals surface area contributed by atoms with Gasteiger partial charge in [0, 0.05) is 12.0 Å². The second-order valence-electron chi connectivity index (χ2n) is 6.12. The molecule has 0 bridgehead atoms. The van der Waals surface area contributed by atoms with Gasteiger partial charge in [0.15, 0.2) is 0 Å². The molecule has 0 saturated carbocycles. The highest BCUT2D eigenvalue weighted by Crippen LogP contribution is 2.16. The fraction of sp³-hybridized carbons (Fsp3) is 0.143. The van der Waals surface area contributed by atoms with E-state index in [0.717, 1.165) is 21.9 Å². The van der Waals surface area contributed by atoms with Crippen LogP contribution in [0.15, 0.2) is 66.7 Å². The maximum absolute atomic E-state index is 12.6. The third-order valence-corrected chi connectivity index (χ3v) is 4.35. The molecule has 0 aliphatic heterocycles. The highest BCUT2D eigenvalue weighted by molar-refractivity contribution is 6.00. The first-order valence-corrected chi connectivity index (χ1v) is 8.18. The third-order valence-electron chi connectivity index (χ3n) is 4.35. The van der Waals surface area contributed by atoms with Crippen molar-refractivity contribution in [3.63, 3.8) is 0 Å². The van der Waals surface area contributed by atoms with Crippen LogP contribution in [0.1, 0.15) is 21.5 Å². The van der Waals surface area contributed by atoms with Crippen molar-refractivity contribution in [3.05, 3.63) is 83.4 Å². The molecule has 0 radical (unpaired) electrons. The number of hydrogen-bond acceptors (Lipinski definition) is 2. The minimum Gasteiger partial charge on any atom is -0.368 e. The zero-order valence-electron chi connectivity index (χ0n) is 14.0. The highest BCUT2D eigenvalue weighted by Gasteiger charge is 2.20. The van der Waals surface area contributed by atoms with Gasteiger partial charge >= 0.3 is 0 Å². The number of carbonyl (C=O) groups is 2. The lowest BCUT2D eigenvalue weighted by atomic mass is 10.00. The van der Waals surface area contributed by atoms with Gasteiger partial charge in [0.05, 0.1) is 0 Å². The summed E-state index contributed by atoms with van der Waals surface area (Å²) in [5.74, 6) is -0.847. The normalized spacial score (nSPS) is 11.9. The van der Waals surface area contributed by atoms with Crippen molar-refractivity contribution in [1.82, 2.24) is 5.32 Å². The Kier molecular flexibility index (Phi) is 4.80. The van der Waals surface area contributed by atoms with Crippen LogP contribution in [0.2, 0.25) is 0 Å². The Hall–Kier alpha value is -3.14. The molecular formula is C21H20N2O2. The molecule has 126 valence electrons. The van der Waals surface area contributed by atoms with Crippen LogP contribution in [-0.2, 0) is 11.2 Å². The van der Waals surface area contributed by atoms with Gasteiger partial charge in [-0.2, -0.15) is 0 Å². The number of nitrogens with two attached hydrogens (primary N) is 1. The molecule has 0 saturated heterocycles. The van der Waals surface area contributed by atoms with E-state index < -0.39 is 11.9 Å². The topological polar surface area (TPSA) is 72.2 Å². The number of carbonyl (C=O) groups excluding carboxylic acids is 2. The maximum atomic E-state index is 12.6. The summed E-state index contributed by atoms with van der Waals surface area (Å²) in [5, 5.41) is 4.80. The first kappa shape index (κ1) is 16.7. The van der Waals surface area contributed by atoms with Crippen LogP contribution in [-0.4, -0.2) is 17.9 Å². The van der Waals surface area contributed by atoms with Crippen LogP contribution in [0.3, 0.4) is 0 Å². The number of nitrogens with one attached hydrogen (secondary N) is 1. The van der Waals surface area contributed by atoms with Gasteiger partial charge in [-0.15, -0.1) is 0 Å². The molecule has 3 N–H and O–H groups in total. The van der Waals surface area contributed by atoms with E-state index in [1.54, 1.807) is 6.07 Å². The molecule has 25 heavy (non-hydrogen) atoms. The summed E-state index contributed by atoms with van der Waals surface area (Å²) in [7, 11) is 0. The first-order valence-electron chi connectivity index (χ1n) is 8.18. The van der Waals surface area contributed by atoms with Crippen LogP contribution in [0.25, 0.3) is 10.8 Å². The molecule has 0 spiro atoms. The Bertz CT molecular complexity index is 934. The molecule has 0 aromatic heterocycles. The quantitative estimate of drug-likeness (QED) is 0.754. The lowest BCUT2D eigenvalue weighted by Crippen LogP contribution is -2.46. The minimum atomic E-state index is -0.750. The molecule has 4 heteroatoms. The third kappa shape index (κ3) is 3.86. The monoisotopic (exact) mass is 332 g/mol. The van der Waals surface area contributed by atoms with E-state index in [2.05, 4.69) is 5.32 Å². The number of hydrogen-bond donors (Lipinski definition) is 2. The van der Waals surface area contributed by atoms with E-state index in [1.165, 1.54) is 0 Å². The van der Waals surface area contributed by atoms with Crippen LogP contribution in [0.4, 0.5) is 0 Å². The molecule has 0 aliphatic rings. The summed E-state index contributed by atoms with van der Waals surface area (Å²) in [6, 6.07) is 20.3. The number of primary amides is 1. The molecule has 3 aromatic rings. The first-order chi connectivity index (χ1) is 12.0. The van der Waals surface area contributed by atoms with Crippen LogP contribution in [0.5, 0.6) is 0 Å². The Morgan fingerprint density at radius 2 is 1.64 bits per heavy atom. The largest absolute Gasteiger partial charge is 0.368 e. The SMILES string of the molecule is Cc1ccccc1C[C@@H](NC(=O)c1ccc2ccccc2c1)C(N)=O. The summed E-state index contributed by atoms with van der Waals surface area (Å²) in [6.45, 7) is 1.97. The van der Waals surface area contributed by atoms with Gasteiger partial charge in [0.2, 0.25) is 5.91 Å². The predicted octanol–water partition coefficient (Wildman–Crippen LogP) is 2.97. The molecule has 4 nitrogen and oxygen atoms in total. The van der Waals surface area contributed by atoms with Gasteiger partial charge in [0.25, 0.3) is 5.91 Å². The van der Waals surface area contributed by atoms with E-state index >= 15 is 0 Å². The zero-order valence-corrected chi connectivity index (χ0v) is 14.0. The van der Waals surface area contributed by atoms with E-state index in [9.17, 15) is 9.59 Å². The molecule has 3 rings (SSSR count). The molecule has 0 unspecified atom stereocenters. The van der Waals surface area contributed by atoms with Crippen molar-refractivity contribution >= 4 is 22.6 Å². The number of benzene rings is 3. The van der Waals surface area contributed by atoms with Crippen molar-refractivity contribution in [1.29, 1.82) is 0 Å². The summed E-state index contributed by atoms with van der Waals surface area (Å²) >= 11 is 0. The van der Waals surface area contributed by atoms with Crippen LogP contribution >= 0.6 is 0 Å². The number of amides is 2. The smallest absolute Gasteiger partial charge is 0.251 e. The molecule has 0 fully saturated rings. The lowest BCUT2D eigenvalue weighted by molar-refractivity contribution is -0.119. The fourth-order valence-corrected chi connectivity index (χ4v) is 2.85. The summed E-state index contributed by atoms with van der Waals surface area (Å²) < 4.78 is 0. The summed E-state index contributed by atoms with van der Waals surface area (Å²) in [6.07, 6.45) is 0.376. The van der Waals surface area contributed by atoms with Gasteiger partial charge in [-0.3, -0.25) is 9.59 Å². The van der Waals surface area contributed by atoms with E-state index in [-0.39, 0.29) is 5.91 Å². The van der Waals surface area contributed by atoms with Gasteiger partial charge in [-0.1, -0.05) is 54.6 Å². The van der Waals surface area contributed by atoms with E-state index in [1.807, 2.05) is 67.6 Å². The Morgan fingerprint density at radius 3 is 2.36 bits per heavy atom. The van der Waals surface area contributed by atoms with E-state index in [0.29, 0.717) is 12.0 Å². The van der Waals surface area contributed by atoms with Gasteiger partial charge in [-0.05, 0) is 41.0 Å². The Morgan fingerprint density at radius 1 is 0.960 bits per heavy atom. The van der Waals surface area contributed by atoms with Crippen molar-refractivity contribution in [2.24, 2.45) is 5.73 Å². The minimum absolute atomic E-state index is 0.303. The van der Waals surface area contributed by atoms with Gasteiger partial charge in [-0.25, -0.2) is 0 Å². The Balaban J connectivity index is 1.80. The average Bonchev–Trinajstić information content (AvgIpc) is 2.62. The number of aryl methyl sites for hydroxylation is 1. The van der Waals surface area contributed by atoms with Crippen LogP contribution in [0, 0.1) is 6.92 Å². The summed E-state index contributed by atoms with van der Waals surface area (Å²) in [5.41, 5.74) is 8.06. The molecule has 2 amide bonds. The lowest BCUT2D eigenvalue weighted by Gasteiger charge is -2.17. The standard InChI is InChI=1S/C21H20N2O2/c1-14-6-2-3-8-16(14)13-19(20(22)24)23-21(25)18-11-10-15-7-4-5-9-17(15)12-18/h2-12,19H,13H2,1H3,(H2,22,24)(H,23,25)/t19-/m1/s1. The van der Waals surface area contributed by atoms with Crippen molar-refractivity contribution in [2.75, 3.05) is 0 Å². The summed E-state index contributed by atoms with van der Waals surface area (Å²) in [4.78, 5) is 24.4. The molecule has 3 aromatic carbocycles. The average molecular weight is 332 g/mol. The van der Waals surface area contributed by atoms with Crippen molar-refractivity contribution in [2.45, 2.75) is 19.4 Å². The van der Waals surface area contributed by atoms with Crippen LogP contribution < -0.4 is 11.1 Å². The molecule has 0 aliphatic carbocycles.